The molecular formula is C22H23NO5S. The number of anilines is 1. The van der Waals surface area contributed by atoms with Gasteiger partial charge >= 0.3 is 5.97 Å². The van der Waals surface area contributed by atoms with E-state index in [0.717, 1.165) is 17.1 Å². The highest BCUT2D eigenvalue weighted by molar-refractivity contribution is 8.00. The average Bonchev–Trinajstić information content (AvgIpc) is 3.17. The van der Waals surface area contributed by atoms with Gasteiger partial charge in [-0.25, -0.2) is 0 Å². The second-order valence-corrected chi connectivity index (χ2v) is 7.52. The number of ketones is 1. The molecule has 0 saturated carbocycles. The van der Waals surface area contributed by atoms with Crippen molar-refractivity contribution in [2.75, 3.05) is 30.4 Å². The van der Waals surface area contributed by atoms with E-state index in [4.69, 9.17) is 9.47 Å². The van der Waals surface area contributed by atoms with E-state index in [1.54, 1.807) is 29.2 Å². The number of hydrogen-bond donors (Lipinski definition) is 0. The quantitative estimate of drug-likeness (QED) is 0.354. The van der Waals surface area contributed by atoms with Crippen molar-refractivity contribution in [2.45, 2.75) is 24.7 Å². The Bertz CT molecular complexity index is 881. The Hall–Kier alpha value is -2.80. The van der Waals surface area contributed by atoms with Crippen LogP contribution >= 0.6 is 11.8 Å². The Morgan fingerprint density at radius 3 is 2.62 bits per heavy atom. The third-order valence-corrected chi connectivity index (χ3v) is 5.39. The van der Waals surface area contributed by atoms with Gasteiger partial charge in [0.2, 0.25) is 5.91 Å². The zero-order valence-corrected chi connectivity index (χ0v) is 17.1. The molecule has 1 aliphatic heterocycles. The number of ether oxygens (including phenoxy) is 2. The second kappa shape index (κ2) is 10.1. The number of carbonyl (C=O) groups is 3. The fourth-order valence-electron chi connectivity index (χ4n) is 2.98. The van der Waals surface area contributed by atoms with Crippen molar-refractivity contribution in [3.8, 4) is 5.75 Å². The fourth-order valence-corrected chi connectivity index (χ4v) is 3.68. The first-order valence-corrected chi connectivity index (χ1v) is 10.5. The summed E-state index contributed by atoms with van der Waals surface area (Å²) in [5.74, 6) is 0.208. The zero-order chi connectivity index (χ0) is 20.6. The third-order valence-electron chi connectivity index (χ3n) is 4.41. The van der Waals surface area contributed by atoms with E-state index in [2.05, 4.69) is 0 Å². The monoisotopic (exact) mass is 413 g/mol. The highest BCUT2D eigenvalue weighted by Gasteiger charge is 2.22. The highest BCUT2D eigenvalue weighted by Crippen LogP contribution is 2.23. The number of thioether (sulfide) groups is 1. The largest absolute Gasteiger partial charge is 0.494 e. The lowest BCUT2D eigenvalue weighted by Gasteiger charge is -2.16. The van der Waals surface area contributed by atoms with Crippen LogP contribution in [0, 0.1) is 0 Å². The maximum absolute atomic E-state index is 12.4. The molecule has 0 radical (unpaired) electrons. The molecular weight excluding hydrogens is 390 g/mol. The molecule has 6 nitrogen and oxygen atoms in total. The number of hydrogen-bond acceptors (Lipinski definition) is 6. The molecule has 29 heavy (non-hydrogen) atoms. The number of nitrogens with zero attached hydrogens (tertiary/aromatic N) is 1. The number of esters is 1. The molecule has 0 aliphatic carbocycles. The van der Waals surface area contributed by atoms with Gasteiger partial charge < -0.3 is 14.4 Å². The summed E-state index contributed by atoms with van der Waals surface area (Å²) >= 11 is 1.34. The number of benzene rings is 2. The minimum Gasteiger partial charge on any atom is -0.494 e. The summed E-state index contributed by atoms with van der Waals surface area (Å²) in [5.41, 5.74) is 1.13. The fraction of sp³-hybridized carbons (Fsp3) is 0.318. The summed E-state index contributed by atoms with van der Waals surface area (Å²) in [7, 11) is 0. The van der Waals surface area contributed by atoms with Crippen molar-refractivity contribution < 1.29 is 23.9 Å². The van der Waals surface area contributed by atoms with Crippen molar-refractivity contribution in [1.82, 2.24) is 0 Å². The normalized spacial score (nSPS) is 13.4. The number of rotatable bonds is 9. The average molecular weight is 413 g/mol. The Morgan fingerprint density at radius 2 is 1.93 bits per heavy atom. The molecule has 0 unspecified atom stereocenters. The van der Waals surface area contributed by atoms with Crippen LogP contribution in [0.4, 0.5) is 5.69 Å². The molecule has 0 atom stereocenters. The van der Waals surface area contributed by atoms with Crippen molar-refractivity contribution in [3.05, 3.63) is 54.1 Å². The van der Waals surface area contributed by atoms with Crippen LogP contribution in [0.3, 0.4) is 0 Å². The standard InChI is InChI=1S/C22H23NO5S/c1-2-27-18-8-10-19(11-9-18)29-15-22(26)28-14-20(24)16-5-3-6-17(13-16)23-12-4-7-21(23)25/h3,5-6,8-11,13H,2,4,7,12,14-15H2,1H3. The first kappa shape index (κ1) is 20.9. The van der Waals surface area contributed by atoms with Crippen LogP contribution in [0.2, 0.25) is 0 Å². The van der Waals surface area contributed by atoms with Gasteiger partial charge in [0, 0.05) is 29.1 Å². The van der Waals surface area contributed by atoms with Crippen molar-refractivity contribution in [1.29, 1.82) is 0 Å². The summed E-state index contributed by atoms with van der Waals surface area (Å²) in [6.45, 7) is 2.86. The summed E-state index contributed by atoms with van der Waals surface area (Å²) in [6.07, 6.45) is 1.35. The van der Waals surface area contributed by atoms with E-state index in [0.29, 0.717) is 30.8 Å². The van der Waals surface area contributed by atoms with Crippen LogP contribution in [-0.2, 0) is 14.3 Å². The van der Waals surface area contributed by atoms with Gasteiger partial charge in [0.1, 0.15) is 5.75 Å². The molecule has 152 valence electrons. The number of carbonyl (C=O) groups excluding carboxylic acids is 3. The molecule has 1 amide bonds. The molecule has 0 bridgehead atoms. The Morgan fingerprint density at radius 1 is 1.14 bits per heavy atom. The molecule has 0 aromatic heterocycles. The van der Waals surface area contributed by atoms with E-state index in [1.165, 1.54) is 11.8 Å². The molecule has 2 aromatic carbocycles. The zero-order valence-electron chi connectivity index (χ0n) is 16.3. The van der Waals surface area contributed by atoms with Crippen LogP contribution in [0.25, 0.3) is 0 Å². The molecule has 0 N–H and O–H groups in total. The SMILES string of the molecule is CCOc1ccc(SCC(=O)OCC(=O)c2cccc(N3CCCC3=O)c2)cc1. The van der Waals surface area contributed by atoms with E-state index in [-0.39, 0.29) is 24.1 Å². The van der Waals surface area contributed by atoms with Crippen LogP contribution in [0.5, 0.6) is 5.75 Å². The summed E-state index contributed by atoms with van der Waals surface area (Å²) in [4.78, 5) is 38.8. The predicted octanol–water partition coefficient (Wildman–Crippen LogP) is 3.73. The van der Waals surface area contributed by atoms with Gasteiger partial charge in [-0.15, -0.1) is 11.8 Å². The van der Waals surface area contributed by atoms with E-state index in [9.17, 15) is 14.4 Å². The van der Waals surface area contributed by atoms with E-state index >= 15 is 0 Å². The molecule has 1 saturated heterocycles. The van der Waals surface area contributed by atoms with Crippen LogP contribution in [0.1, 0.15) is 30.1 Å². The van der Waals surface area contributed by atoms with Crippen molar-refractivity contribution >= 4 is 35.1 Å². The van der Waals surface area contributed by atoms with E-state index in [1.807, 2.05) is 31.2 Å². The van der Waals surface area contributed by atoms with E-state index < -0.39 is 5.97 Å². The molecule has 0 spiro atoms. The summed E-state index contributed by atoms with van der Waals surface area (Å²) in [6, 6.07) is 14.3. The highest BCUT2D eigenvalue weighted by atomic mass is 32.2. The predicted molar refractivity (Wildman–Crippen MR) is 112 cm³/mol. The molecule has 2 aromatic rings. The van der Waals surface area contributed by atoms with Crippen LogP contribution < -0.4 is 9.64 Å². The van der Waals surface area contributed by atoms with Gasteiger partial charge in [-0.1, -0.05) is 12.1 Å². The molecule has 1 aliphatic rings. The smallest absolute Gasteiger partial charge is 0.316 e. The summed E-state index contributed by atoms with van der Waals surface area (Å²) < 4.78 is 10.5. The van der Waals surface area contributed by atoms with Crippen LogP contribution in [-0.4, -0.2) is 43.2 Å². The maximum Gasteiger partial charge on any atom is 0.316 e. The Labute approximate surface area is 174 Å². The lowest BCUT2D eigenvalue weighted by molar-refractivity contribution is -0.139. The number of Topliss-reactive ketones (excluding diaryl/α,β-unsaturated/α-hetero) is 1. The Balaban J connectivity index is 1.47. The summed E-state index contributed by atoms with van der Waals surface area (Å²) in [5, 5.41) is 0. The minimum absolute atomic E-state index is 0.0624. The molecule has 7 heteroatoms. The molecule has 1 heterocycles. The van der Waals surface area contributed by atoms with Crippen LogP contribution in [0.15, 0.2) is 53.4 Å². The minimum atomic E-state index is -0.455. The van der Waals surface area contributed by atoms with Gasteiger partial charge in [-0.05, 0) is 49.7 Å². The molecule has 3 rings (SSSR count). The Kier molecular flexibility index (Phi) is 7.30. The second-order valence-electron chi connectivity index (χ2n) is 6.48. The maximum atomic E-state index is 12.4. The van der Waals surface area contributed by atoms with Crippen molar-refractivity contribution in [2.24, 2.45) is 0 Å². The van der Waals surface area contributed by atoms with Gasteiger partial charge in [0.25, 0.3) is 0 Å². The first-order valence-electron chi connectivity index (χ1n) is 9.51. The molecule has 1 fully saturated rings. The number of amides is 1. The van der Waals surface area contributed by atoms with Gasteiger partial charge in [0.05, 0.1) is 12.4 Å². The van der Waals surface area contributed by atoms with Gasteiger partial charge in [0.15, 0.2) is 12.4 Å². The lowest BCUT2D eigenvalue weighted by atomic mass is 10.1. The first-order chi connectivity index (χ1) is 14.1. The third kappa shape index (κ3) is 5.84. The lowest BCUT2D eigenvalue weighted by Crippen LogP contribution is -2.24. The van der Waals surface area contributed by atoms with Gasteiger partial charge in [-0.3, -0.25) is 14.4 Å². The van der Waals surface area contributed by atoms with Crippen molar-refractivity contribution in [3.63, 3.8) is 0 Å². The van der Waals surface area contributed by atoms with Gasteiger partial charge in [-0.2, -0.15) is 0 Å². The topological polar surface area (TPSA) is 72.9 Å².